The first-order valence-corrected chi connectivity index (χ1v) is 10.9. The number of hydrogen-bond acceptors (Lipinski definition) is 2. The first-order valence-electron chi connectivity index (χ1n) is 10.9. The van der Waals surface area contributed by atoms with Crippen molar-refractivity contribution in [1.82, 2.24) is 0 Å². The highest BCUT2D eigenvalue weighted by Gasteiger charge is 2.38. The summed E-state index contributed by atoms with van der Waals surface area (Å²) in [6, 6.07) is 37.5. The van der Waals surface area contributed by atoms with Crippen molar-refractivity contribution >= 4 is 0 Å². The number of aryl methyl sites for hydroxylation is 1. The maximum Gasteiger partial charge on any atom is 0.115 e. The maximum absolute atomic E-state index is 9.96. The topological polar surface area (TPSA) is 40.5 Å². The molecule has 0 radical (unpaired) electrons. The zero-order valence-corrected chi connectivity index (χ0v) is 17.6. The van der Waals surface area contributed by atoms with E-state index in [9.17, 15) is 5.11 Å². The maximum atomic E-state index is 9.96. The van der Waals surface area contributed by atoms with Gasteiger partial charge in [0, 0.05) is 6.61 Å². The fraction of sp³-hybridized carbons (Fsp3) is 0.172. The second kappa shape index (κ2) is 9.63. The van der Waals surface area contributed by atoms with Crippen molar-refractivity contribution < 1.29 is 10.2 Å². The second-order valence-corrected chi connectivity index (χ2v) is 7.91. The lowest BCUT2D eigenvalue weighted by Gasteiger charge is -2.37. The number of unbranched alkanes of at least 4 members (excludes halogenated alkanes) is 1. The molecule has 0 aromatic heterocycles. The Labute approximate surface area is 184 Å². The third kappa shape index (κ3) is 4.26. The molecule has 0 spiro atoms. The van der Waals surface area contributed by atoms with Crippen molar-refractivity contribution in [2.75, 3.05) is 6.61 Å². The molecule has 31 heavy (non-hydrogen) atoms. The number of rotatable bonds is 8. The minimum atomic E-state index is -0.500. The summed E-state index contributed by atoms with van der Waals surface area (Å²) in [6.07, 6.45) is 2.77. The van der Waals surface area contributed by atoms with Gasteiger partial charge in [-0.05, 0) is 59.2 Å². The van der Waals surface area contributed by atoms with Crippen LogP contribution in [-0.4, -0.2) is 16.8 Å². The van der Waals surface area contributed by atoms with Gasteiger partial charge in [-0.2, -0.15) is 0 Å². The van der Waals surface area contributed by atoms with E-state index in [1.807, 2.05) is 24.3 Å². The first kappa shape index (κ1) is 20.9. The van der Waals surface area contributed by atoms with Gasteiger partial charge in [-0.1, -0.05) is 97.1 Å². The van der Waals surface area contributed by atoms with Crippen molar-refractivity contribution in [3.8, 4) is 5.75 Å². The normalized spacial score (nSPS) is 11.4. The molecule has 0 aliphatic carbocycles. The van der Waals surface area contributed by atoms with Crippen LogP contribution in [0.15, 0.2) is 109 Å². The van der Waals surface area contributed by atoms with E-state index in [1.165, 1.54) is 22.3 Å². The molecule has 0 amide bonds. The number of phenolic OH excluding ortho intramolecular Hbond substituents is 1. The Morgan fingerprint density at radius 3 is 1.45 bits per heavy atom. The largest absolute Gasteiger partial charge is 0.508 e. The molecule has 0 aliphatic rings. The number of benzene rings is 4. The third-order valence-electron chi connectivity index (χ3n) is 5.97. The van der Waals surface area contributed by atoms with Crippen LogP contribution in [0.3, 0.4) is 0 Å². The Balaban J connectivity index is 1.93. The van der Waals surface area contributed by atoms with Gasteiger partial charge in [-0.15, -0.1) is 0 Å². The molecule has 0 fully saturated rings. The van der Waals surface area contributed by atoms with Crippen LogP contribution in [0, 0.1) is 0 Å². The van der Waals surface area contributed by atoms with Gasteiger partial charge < -0.3 is 10.2 Å². The molecule has 156 valence electrons. The third-order valence-corrected chi connectivity index (χ3v) is 5.97. The summed E-state index contributed by atoms with van der Waals surface area (Å²) in [7, 11) is 0. The van der Waals surface area contributed by atoms with Crippen LogP contribution < -0.4 is 0 Å². The SMILES string of the molecule is OCCCCc1ccc(C(c2ccccc2)(c2ccccc2)c2ccc(O)cc2)cc1. The van der Waals surface area contributed by atoms with E-state index in [4.69, 9.17) is 5.11 Å². The molecule has 0 aliphatic heterocycles. The monoisotopic (exact) mass is 408 g/mol. The first-order chi connectivity index (χ1) is 15.2. The highest BCUT2D eigenvalue weighted by atomic mass is 16.3. The lowest BCUT2D eigenvalue weighted by atomic mass is 9.65. The second-order valence-electron chi connectivity index (χ2n) is 7.91. The van der Waals surface area contributed by atoms with Crippen LogP contribution in [0.2, 0.25) is 0 Å². The average molecular weight is 409 g/mol. The standard InChI is InChI=1S/C29H28O2/c30-22-8-7-9-23-14-16-26(17-15-23)29(24-10-3-1-4-11-24,25-12-5-2-6-13-25)27-18-20-28(31)21-19-27/h1-6,10-21,30-31H,7-9,22H2. The predicted octanol–water partition coefficient (Wildman–Crippen LogP) is 6.09. The minimum absolute atomic E-state index is 0.240. The van der Waals surface area contributed by atoms with Gasteiger partial charge >= 0.3 is 0 Å². The molecule has 2 N–H and O–H groups in total. The van der Waals surface area contributed by atoms with Gasteiger partial charge in [0.2, 0.25) is 0 Å². The number of phenols is 1. The summed E-state index contributed by atoms with van der Waals surface area (Å²) in [6.45, 7) is 0.240. The van der Waals surface area contributed by atoms with E-state index in [2.05, 4.69) is 72.8 Å². The van der Waals surface area contributed by atoms with Crippen LogP contribution in [0.4, 0.5) is 0 Å². The Kier molecular flexibility index (Phi) is 6.49. The Bertz CT molecular complexity index is 1030. The summed E-state index contributed by atoms with van der Waals surface area (Å²) in [4.78, 5) is 0. The fourth-order valence-corrected chi connectivity index (χ4v) is 4.45. The quantitative estimate of drug-likeness (QED) is 0.274. The molecular weight excluding hydrogens is 380 g/mol. The van der Waals surface area contributed by atoms with Gasteiger partial charge in [-0.3, -0.25) is 0 Å². The molecule has 4 rings (SSSR count). The van der Waals surface area contributed by atoms with E-state index < -0.39 is 5.41 Å². The molecule has 0 saturated carbocycles. The van der Waals surface area contributed by atoms with Gasteiger partial charge in [0.15, 0.2) is 0 Å². The lowest BCUT2D eigenvalue weighted by Crippen LogP contribution is -2.31. The molecule has 0 heterocycles. The van der Waals surface area contributed by atoms with Crippen LogP contribution >= 0.6 is 0 Å². The highest BCUT2D eigenvalue weighted by molar-refractivity contribution is 5.60. The molecule has 0 bridgehead atoms. The van der Waals surface area contributed by atoms with Gasteiger partial charge in [0.25, 0.3) is 0 Å². The predicted molar refractivity (Wildman–Crippen MR) is 126 cm³/mol. The molecule has 2 nitrogen and oxygen atoms in total. The van der Waals surface area contributed by atoms with Crippen LogP contribution in [0.25, 0.3) is 0 Å². The van der Waals surface area contributed by atoms with Crippen molar-refractivity contribution in [3.05, 3.63) is 137 Å². The Morgan fingerprint density at radius 2 is 0.968 bits per heavy atom. The number of aromatic hydroxyl groups is 1. The van der Waals surface area contributed by atoms with Crippen LogP contribution in [0.5, 0.6) is 5.75 Å². The van der Waals surface area contributed by atoms with Crippen LogP contribution in [0.1, 0.15) is 40.7 Å². The Morgan fingerprint density at radius 1 is 0.516 bits per heavy atom. The van der Waals surface area contributed by atoms with Crippen molar-refractivity contribution in [2.45, 2.75) is 24.7 Å². The summed E-state index contributed by atoms with van der Waals surface area (Å²) >= 11 is 0. The molecule has 0 atom stereocenters. The highest BCUT2D eigenvalue weighted by Crippen LogP contribution is 2.45. The number of aliphatic hydroxyl groups excluding tert-OH is 1. The zero-order chi connectivity index (χ0) is 21.5. The molecule has 0 unspecified atom stereocenters. The molecular formula is C29H28O2. The van der Waals surface area contributed by atoms with Gasteiger partial charge in [0.1, 0.15) is 5.75 Å². The van der Waals surface area contributed by atoms with Gasteiger partial charge in [-0.25, -0.2) is 0 Å². The molecule has 0 saturated heterocycles. The summed E-state index contributed by atoms with van der Waals surface area (Å²) in [5, 5.41) is 19.0. The van der Waals surface area contributed by atoms with Crippen molar-refractivity contribution in [2.24, 2.45) is 0 Å². The van der Waals surface area contributed by atoms with Gasteiger partial charge in [0.05, 0.1) is 5.41 Å². The zero-order valence-electron chi connectivity index (χ0n) is 17.6. The van der Waals surface area contributed by atoms with E-state index in [1.54, 1.807) is 12.1 Å². The fourth-order valence-electron chi connectivity index (χ4n) is 4.45. The van der Waals surface area contributed by atoms with Crippen LogP contribution in [-0.2, 0) is 11.8 Å². The minimum Gasteiger partial charge on any atom is -0.508 e. The summed E-state index contributed by atoms with van der Waals surface area (Å²) in [5.41, 5.74) is 5.43. The summed E-state index contributed by atoms with van der Waals surface area (Å²) in [5.74, 6) is 0.262. The van der Waals surface area contributed by atoms with Crippen molar-refractivity contribution in [3.63, 3.8) is 0 Å². The molecule has 2 heteroatoms. The average Bonchev–Trinajstić information content (AvgIpc) is 2.83. The number of aliphatic hydroxyl groups is 1. The summed E-state index contributed by atoms with van der Waals surface area (Å²) < 4.78 is 0. The lowest BCUT2D eigenvalue weighted by molar-refractivity contribution is 0.284. The Hall–Kier alpha value is -3.36. The smallest absolute Gasteiger partial charge is 0.115 e. The van der Waals surface area contributed by atoms with E-state index in [-0.39, 0.29) is 12.4 Å². The molecule has 4 aromatic carbocycles. The van der Waals surface area contributed by atoms with E-state index >= 15 is 0 Å². The number of hydrogen-bond donors (Lipinski definition) is 2. The molecule has 4 aromatic rings. The van der Waals surface area contributed by atoms with Crippen molar-refractivity contribution in [1.29, 1.82) is 0 Å². The van der Waals surface area contributed by atoms with E-state index in [0.29, 0.717) is 0 Å². The van der Waals surface area contributed by atoms with E-state index in [0.717, 1.165) is 24.8 Å².